The van der Waals surface area contributed by atoms with Gasteiger partial charge in [-0.3, -0.25) is 19.6 Å². The number of nitrogens with one attached hydrogen (secondary N) is 2. The van der Waals surface area contributed by atoms with Gasteiger partial charge < -0.3 is 10.6 Å². The molecule has 0 aliphatic carbocycles. The van der Waals surface area contributed by atoms with E-state index >= 15 is 0 Å². The summed E-state index contributed by atoms with van der Waals surface area (Å²) in [6.07, 6.45) is 1.99. The molecule has 1 fully saturated rings. The van der Waals surface area contributed by atoms with Gasteiger partial charge in [0.1, 0.15) is 0 Å². The van der Waals surface area contributed by atoms with Crippen LogP contribution in [-0.2, 0) is 4.79 Å². The Labute approximate surface area is 121 Å². The predicted molar refractivity (Wildman–Crippen MR) is 81.3 cm³/mol. The number of rotatable bonds is 5. The lowest BCUT2D eigenvalue weighted by Gasteiger charge is -2.40. The summed E-state index contributed by atoms with van der Waals surface area (Å²) in [5, 5.41) is 6.23. The fourth-order valence-electron chi connectivity index (χ4n) is 2.86. The highest BCUT2D eigenvalue weighted by Gasteiger charge is 2.26. The number of amides is 1. The van der Waals surface area contributed by atoms with Crippen molar-refractivity contribution in [2.45, 2.75) is 25.9 Å². The van der Waals surface area contributed by atoms with E-state index in [9.17, 15) is 4.79 Å². The van der Waals surface area contributed by atoms with E-state index in [2.05, 4.69) is 32.3 Å². The van der Waals surface area contributed by atoms with Gasteiger partial charge in [-0.2, -0.15) is 0 Å². The minimum absolute atomic E-state index is 0.0555. The van der Waals surface area contributed by atoms with Crippen LogP contribution in [0.15, 0.2) is 4.99 Å². The quantitative estimate of drug-likeness (QED) is 0.691. The maximum atomic E-state index is 10.8. The van der Waals surface area contributed by atoms with Crippen LogP contribution in [0.3, 0.4) is 0 Å². The van der Waals surface area contributed by atoms with Crippen molar-refractivity contribution < 1.29 is 4.79 Å². The van der Waals surface area contributed by atoms with Crippen LogP contribution in [0.5, 0.6) is 0 Å². The van der Waals surface area contributed by atoms with Crippen molar-refractivity contribution in [3.8, 4) is 0 Å². The molecule has 0 spiro atoms. The molecule has 1 amide bonds. The largest absolute Gasteiger partial charge is 0.355 e. The van der Waals surface area contributed by atoms with E-state index in [-0.39, 0.29) is 5.91 Å². The second-order valence-electron chi connectivity index (χ2n) is 5.66. The Hall–Kier alpha value is -0.980. The number of nitrogens with zero attached hydrogens (tertiary/aromatic N) is 3. The van der Waals surface area contributed by atoms with Crippen molar-refractivity contribution in [1.82, 2.24) is 20.4 Å². The fourth-order valence-corrected chi connectivity index (χ4v) is 2.86. The monoisotopic (exact) mass is 281 g/mol. The molecule has 2 aliphatic rings. The molecule has 0 bridgehead atoms. The third-order valence-electron chi connectivity index (χ3n) is 4.23. The van der Waals surface area contributed by atoms with Crippen LogP contribution in [0, 0.1) is 0 Å². The van der Waals surface area contributed by atoms with Gasteiger partial charge in [-0.25, -0.2) is 0 Å². The summed E-state index contributed by atoms with van der Waals surface area (Å²) >= 11 is 0. The van der Waals surface area contributed by atoms with E-state index < -0.39 is 0 Å². The molecule has 20 heavy (non-hydrogen) atoms. The summed E-state index contributed by atoms with van der Waals surface area (Å²) < 4.78 is 0. The van der Waals surface area contributed by atoms with E-state index in [0.29, 0.717) is 12.1 Å². The van der Waals surface area contributed by atoms with Crippen LogP contribution < -0.4 is 10.6 Å². The summed E-state index contributed by atoms with van der Waals surface area (Å²) in [5.41, 5.74) is 0. The molecule has 6 nitrogen and oxygen atoms in total. The SMILES string of the molecule is CC(=O)NCCN1CCN(C(C)C2CNCC=N2)CC1. The standard InChI is InChI=1S/C14H27N5O/c1-12(14-11-15-3-4-17-14)19-9-7-18(8-10-19)6-5-16-13(2)20/h4,12,14-15H,3,5-11H2,1-2H3,(H,16,20). The second kappa shape index (κ2) is 7.71. The van der Waals surface area contributed by atoms with Gasteiger partial charge in [0.25, 0.3) is 0 Å². The van der Waals surface area contributed by atoms with Crippen molar-refractivity contribution in [3.05, 3.63) is 0 Å². The first-order valence-corrected chi connectivity index (χ1v) is 7.60. The van der Waals surface area contributed by atoms with Crippen LogP contribution in [-0.4, -0.2) is 86.4 Å². The first kappa shape index (κ1) is 15.4. The van der Waals surface area contributed by atoms with Crippen molar-refractivity contribution >= 4 is 12.1 Å². The highest BCUT2D eigenvalue weighted by atomic mass is 16.1. The fraction of sp³-hybridized carbons (Fsp3) is 0.857. The highest BCUT2D eigenvalue weighted by molar-refractivity contribution is 5.72. The zero-order chi connectivity index (χ0) is 14.4. The van der Waals surface area contributed by atoms with Gasteiger partial charge in [0.05, 0.1) is 6.04 Å². The van der Waals surface area contributed by atoms with Gasteiger partial charge in [0.15, 0.2) is 0 Å². The lowest BCUT2D eigenvalue weighted by atomic mass is 10.1. The summed E-state index contributed by atoms with van der Waals surface area (Å²) in [5.74, 6) is 0.0555. The summed E-state index contributed by atoms with van der Waals surface area (Å²) in [6.45, 7) is 11.8. The number of aliphatic imine (C=N–C) groups is 1. The van der Waals surface area contributed by atoms with Gasteiger partial charge >= 0.3 is 0 Å². The Morgan fingerprint density at radius 3 is 2.80 bits per heavy atom. The van der Waals surface area contributed by atoms with E-state index in [1.807, 2.05) is 6.21 Å². The first-order chi connectivity index (χ1) is 9.66. The van der Waals surface area contributed by atoms with Gasteiger partial charge in [0, 0.05) is 71.5 Å². The van der Waals surface area contributed by atoms with Gasteiger partial charge in [0.2, 0.25) is 5.91 Å². The zero-order valence-corrected chi connectivity index (χ0v) is 12.6. The summed E-state index contributed by atoms with van der Waals surface area (Å²) in [6, 6.07) is 0.881. The molecule has 0 saturated carbocycles. The molecule has 0 aromatic rings. The minimum atomic E-state index is 0.0555. The predicted octanol–water partition coefficient (Wildman–Crippen LogP) is -0.829. The van der Waals surface area contributed by atoms with E-state index in [4.69, 9.17) is 0 Å². The third kappa shape index (κ3) is 4.54. The Morgan fingerprint density at radius 1 is 1.45 bits per heavy atom. The Kier molecular flexibility index (Phi) is 5.94. The Morgan fingerprint density at radius 2 is 2.20 bits per heavy atom. The number of piperazine rings is 1. The molecule has 1 saturated heterocycles. The second-order valence-corrected chi connectivity index (χ2v) is 5.66. The molecule has 114 valence electrons. The van der Waals surface area contributed by atoms with Crippen molar-refractivity contribution in [2.75, 3.05) is 52.4 Å². The van der Waals surface area contributed by atoms with Gasteiger partial charge in [-0.1, -0.05) is 0 Å². The number of hydrogen-bond acceptors (Lipinski definition) is 5. The molecule has 0 radical (unpaired) electrons. The smallest absolute Gasteiger partial charge is 0.216 e. The molecular formula is C14H27N5O. The van der Waals surface area contributed by atoms with Crippen LogP contribution in [0.1, 0.15) is 13.8 Å². The topological polar surface area (TPSA) is 60.0 Å². The maximum absolute atomic E-state index is 10.8. The molecule has 0 aromatic carbocycles. The molecule has 2 N–H and O–H groups in total. The molecule has 2 atom stereocenters. The lowest BCUT2D eigenvalue weighted by Crippen LogP contribution is -2.55. The van der Waals surface area contributed by atoms with Crippen molar-refractivity contribution in [3.63, 3.8) is 0 Å². The average Bonchev–Trinajstić information content (AvgIpc) is 2.48. The van der Waals surface area contributed by atoms with Gasteiger partial charge in [-0.05, 0) is 6.92 Å². The van der Waals surface area contributed by atoms with E-state index in [1.165, 1.54) is 0 Å². The normalized spacial score (nSPS) is 26.4. The van der Waals surface area contributed by atoms with Crippen LogP contribution in [0.25, 0.3) is 0 Å². The molecular weight excluding hydrogens is 254 g/mol. The molecule has 0 aromatic heterocycles. The van der Waals surface area contributed by atoms with E-state index in [1.54, 1.807) is 6.92 Å². The lowest BCUT2D eigenvalue weighted by molar-refractivity contribution is -0.119. The average molecular weight is 281 g/mol. The van der Waals surface area contributed by atoms with Crippen LogP contribution >= 0.6 is 0 Å². The van der Waals surface area contributed by atoms with Gasteiger partial charge in [-0.15, -0.1) is 0 Å². The molecule has 6 heteroatoms. The molecule has 2 unspecified atom stereocenters. The molecule has 2 heterocycles. The highest BCUT2D eigenvalue weighted by Crippen LogP contribution is 2.12. The molecule has 2 aliphatic heterocycles. The van der Waals surface area contributed by atoms with Crippen LogP contribution in [0.4, 0.5) is 0 Å². The molecule has 2 rings (SSSR count). The number of carbonyl (C=O) groups excluding carboxylic acids is 1. The van der Waals surface area contributed by atoms with Crippen molar-refractivity contribution in [1.29, 1.82) is 0 Å². The summed E-state index contributed by atoms with van der Waals surface area (Å²) in [4.78, 5) is 20.4. The van der Waals surface area contributed by atoms with E-state index in [0.717, 1.165) is 52.4 Å². The first-order valence-electron chi connectivity index (χ1n) is 7.60. The minimum Gasteiger partial charge on any atom is -0.355 e. The Bertz CT molecular complexity index is 338. The van der Waals surface area contributed by atoms with Crippen molar-refractivity contribution in [2.24, 2.45) is 4.99 Å². The summed E-state index contributed by atoms with van der Waals surface area (Å²) in [7, 11) is 0. The number of carbonyl (C=O) groups is 1. The maximum Gasteiger partial charge on any atom is 0.216 e. The Balaban J connectivity index is 1.69. The number of hydrogen-bond donors (Lipinski definition) is 2. The third-order valence-corrected chi connectivity index (χ3v) is 4.23. The zero-order valence-electron chi connectivity index (χ0n) is 12.6. The van der Waals surface area contributed by atoms with Crippen LogP contribution in [0.2, 0.25) is 0 Å².